The molecule has 0 spiro atoms. The molecular formula is C18H18N4O4S2. The number of amides is 2. The predicted octanol–water partition coefficient (Wildman–Crippen LogP) is 3.43. The van der Waals surface area contributed by atoms with Crippen LogP contribution in [0, 0.1) is 6.92 Å². The third-order valence-electron chi connectivity index (χ3n) is 3.84. The minimum Gasteiger partial charge on any atom is -0.462 e. The Kier molecular flexibility index (Phi) is 5.90. The van der Waals surface area contributed by atoms with Crippen LogP contribution in [0.5, 0.6) is 0 Å². The summed E-state index contributed by atoms with van der Waals surface area (Å²) in [5.74, 6) is -1.80. The first-order valence-corrected chi connectivity index (χ1v) is 10.1. The molecule has 4 N–H and O–H groups in total. The van der Waals surface area contributed by atoms with Crippen LogP contribution in [0.1, 0.15) is 49.4 Å². The number of rotatable bonds is 7. The van der Waals surface area contributed by atoms with Crippen molar-refractivity contribution in [3.8, 4) is 10.6 Å². The Hall–Kier alpha value is -2.98. The summed E-state index contributed by atoms with van der Waals surface area (Å²) < 4.78 is 5.18. The van der Waals surface area contributed by atoms with Crippen LogP contribution in [-0.4, -0.2) is 34.6 Å². The molecule has 0 unspecified atom stereocenters. The molecule has 0 radical (unpaired) electrons. The van der Waals surface area contributed by atoms with Gasteiger partial charge in [0.2, 0.25) is 0 Å². The third kappa shape index (κ3) is 3.97. The zero-order valence-electron chi connectivity index (χ0n) is 15.2. The van der Waals surface area contributed by atoms with Gasteiger partial charge in [0.25, 0.3) is 11.8 Å². The van der Waals surface area contributed by atoms with Gasteiger partial charge in [-0.25, -0.2) is 4.79 Å². The lowest BCUT2D eigenvalue weighted by molar-refractivity contribution is 0.0506. The quantitative estimate of drug-likeness (QED) is 0.507. The minimum atomic E-state index is -0.674. The van der Waals surface area contributed by atoms with Crippen molar-refractivity contribution in [1.82, 2.24) is 10.2 Å². The average Bonchev–Trinajstić information content (AvgIpc) is 3.39. The summed E-state index contributed by atoms with van der Waals surface area (Å²) >= 11 is 2.45. The summed E-state index contributed by atoms with van der Waals surface area (Å²) in [6.07, 6.45) is 0.651. The van der Waals surface area contributed by atoms with Crippen LogP contribution in [0.4, 0.5) is 5.00 Å². The highest BCUT2D eigenvalue weighted by Crippen LogP contribution is 2.34. The largest absolute Gasteiger partial charge is 0.462 e. The van der Waals surface area contributed by atoms with Gasteiger partial charge in [-0.3, -0.25) is 14.7 Å². The molecule has 2 amide bonds. The standard InChI is InChI=1S/C18H18N4O4S2/c1-3-6-26-18(25)13-9(2)14(15(19)23)28-17(13)20-16(24)11-8-10(21-22-11)12-5-4-7-27-12/h4-5,7-8H,3,6H2,1-2H3,(H2,19,23)(H,20,24)(H,21,22). The molecule has 8 nitrogen and oxygen atoms in total. The lowest BCUT2D eigenvalue weighted by Gasteiger charge is -2.06. The van der Waals surface area contributed by atoms with Gasteiger partial charge in [0.15, 0.2) is 5.69 Å². The Bertz CT molecular complexity index is 1020. The molecular weight excluding hydrogens is 400 g/mol. The topological polar surface area (TPSA) is 127 Å². The second-order valence-electron chi connectivity index (χ2n) is 5.86. The van der Waals surface area contributed by atoms with E-state index in [1.165, 1.54) is 11.3 Å². The monoisotopic (exact) mass is 418 g/mol. The first kappa shape index (κ1) is 19.8. The normalized spacial score (nSPS) is 10.6. The number of anilines is 1. The first-order chi connectivity index (χ1) is 13.4. The number of carbonyl (C=O) groups excluding carboxylic acids is 3. The molecule has 0 saturated heterocycles. The van der Waals surface area contributed by atoms with Crippen molar-refractivity contribution in [2.24, 2.45) is 5.73 Å². The summed E-state index contributed by atoms with van der Waals surface area (Å²) in [5, 5.41) is 11.6. The fourth-order valence-corrected chi connectivity index (χ4v) is 4.25. The fourth-order valence-electron chi connectivity index (χ4n) is 2.51. The zero-order valence-corrected chi connectivity index (χ0v) is 16.8. The van der Waals surface area contributed by atoms with Crippen molar-refractivity contribution in [2.75, 3.05) is 11.9 Å². The number of ether oxygens (including phenoxy) is 1. The first-order valence-electron chi connectivity index (χ1n) is 8.43. The predicted molar refractivity (Wildman–Crippen MR) is 108 cm³/mol. The molecule has 0 aliphatic rings. The summed E-state index contributed by atoms with van der Waals surface area (Å²) in [4.78, 5) is 37.8. The summed E-state index contributed by atoms with van der Waals surface area (Å²) in [6.45, 7) is 3.70. The molecule has 0 atom stereocenters. The van der Waals surface area contributed by atoms with Crippen molar-refractivity contribution >= 4 is 45.5 Å². The maximum atomic E-state index is 12.6. The Morgan fingerprint density at radius 3 is 2.79 bits per heavy atom. The Balaban J connectivity index is 1.88. The Morgan fingerprint density at radius 2 is 2.14 bits per heavy atom. The van der Waals surface area contributed by atoms with E-state index in [9.17, 15) is 14.4 Å². The van der Waals surface area contributed by atoms with Gasteiger partial charge in [-0.1, -0.05) is 13.0 Å². The van der Waals surface area contributed by atoms with Crippen molar-refractivity contribution in [2.45, 2.75) is 20.3 Å². The second kappa shape index (κ2) is 8.36. The average molecular weight is 419 g/mol. The van der Waals surface area contributed by atoms with E-state index in [0.717, 1.165) is 16.2 Å². The van der Waals surface area contributed by atoms with E-state index >= 15 is 0 Å². The molecule has 0 aliphatic carbocycles. The second-order valence-corrected chi connectivity index (χ2v) is 7.83. The highest BCUT2D eigenvalue weighted by molar-refractivity contribution is 7.18. The SMILES string of the molecule is CCCOC(=O)c1c(NC(=O)c2cc(-c3cccs3)[nH]n2)sc(C(N)=O)c1C. The van der Waals surface area contributed by atoms with Crippen molar-refractivity contribution in [3.05, 3.63) is 45.3 Å². The van der Waals surface area contributed by atoms with E-state index < -0.39 is 17.8 Å². The zero-order chi connectivity index (χ0) is 20.3. The molecule has 3 aromatic heterocycles. The van der Waals surface area contributed by atoms with E-state index in [-0.39, 0.29) is 27.7 Å². The van der Waals surface area contributed by atoms with Gasteiger partial charge in [-0.2, -0.15) is 5.10 Å². The van der Waals surface area contributed by atoms with E-state index in [1.807, 2.05) is 24.4 Å². The molecule has 0 bridgehead atoms. The summed E-state index contributed by atoms with van der Waals surface area (Å²) in [6, 6.07) is 5.42. The van der Waals surface area contributed by atoms with Crippen LogP contribution >= 0.6 is 22.7 Å². The highest BCUT2D eigenvalue weighted by atomic mass is 32.1. The van der Waals surface area contributed by atoms with E-state index in [0.29, 0.717) is 17.7 Å². The number of aromatic nitrogens is 2. The number of nitrogens with two attached hydrogens (primary N) is 1. The number of hydrogen-bond donors (Lipinski definition) is 3. The van der Waals surface area contributed by atoms with Crippen LogP contribution in [0.15, 0.2) is 23.6 Å². The van der Waals surface area contributed by atoms with E-state index in [1.54, 1.807) is 13.0 Å². The highest BCUT2D eigenvalue weighted by Gasteiger charge is 2.26. The number of hydrogen-bond acceptors (Lipinski definition) is 7. The van der Waals surface area contributed by atoms with Crippen molar-refractivity contribution in [3.63, 3.8) is 0 Å². The molecule has 3 heterocycles. The molecule has 0 saturated carbocycles. The van der Waals surface area contributed by atoms with Crippen molar-refractivity contribution in [1.29, 1.82) is 0 Å². The number of esters is 1. The molecule has 146 valence electrons. The Labute approximate surface area is 168 Å². The van der Waals surface area contributed by atoms with E-state index in [2.05, 4.69) is 15.5 Å². The molecule has 0 aliphatic heterocycles. The molecule has 3 aromatic rings. The molecule has 3 rings (SSSR count). The lowest BCUT2D eigenvalue weighted by Crippen LogP contribution is -2.15. The number of aromatic amines is 1. The van der Waals surface area contributed by atoms with Crippen LogP contribution < -0.4 is 11.1 Å². The number of H-pyrrole nitrogens is 1. The Morgan fingerprint density at radius 1 is 1.36 bits per heavy atom. The van der Waals surface area contributed by atoms with Gasteiger partial charge in [0.1, 0.15) is 5.00 Å². The molecule has 10 heteroatoms. The lowest BCUT2D eigenvalue weighted by atomic mass is 10.1. The van der Waals surface area contributed by atoms with E-state index in [4.69, 9.17) is 10.5 Å². The molecule has 0 fully saturated rings. The number of nitrogens with one attached hydrogen (secondary N) is 2. The molecule has 28 heavy (non-hydrogen) atoms. The maximum absolute atomic E-state index is 12.6. The smallest absolute Gasteiger partial charge is 0.341 e. The summed E-state index contributed by atoms with van der Waals surface area (Å²) in [7, 11) is 0. The number of nitrogens with zero attached hydrogens (tertiary/aromatic N) is 1. The van der Waals surface area contributed by atoms with Gasteiger partial charge in [-0.05, 0) is 36.4 Å². The summed E-state index contributed by atoms with van der Waals surface area (Å²) in [5.41, 5.74) is 6.77. The van der Waals surface area contributed by atoms with Gasteiger partial charge in [0.05, 0.1) is 27.6 Å². The van der Waals surface area contributed by atoms with Gasteiger partial charge < -0.3 is 15.8 Å². The van der Waals surface area contributed by atoms with Gasteiger partial charge >= 0.3 is 5.97 Å². The van der Waals surface area contributed by atoms with Gasteiger partial charge in [-0.15, -0.1) is 22.7 Å². The number of carbonyl (C=O) groups is 3. The van der Waals surface area contributed by atoms with Gasteiger partial charge in [0, 0.05) is 0 Å². The number of thiophene rings is 2. The van der Waals surface area contributed by atoms with Crippen molar-refractivity contribution < 1.29 is 19.1 Å². The number of primary amides is 1. The van der Waals surface area contributed by atoms with Crippen LogP contribution in [0.3, 0.4) is 0 Å². The maximum Gasteiger partial charge on any atom is 0.341 e. The minimum absolute atomic E-state index is 0.134. The molecule has 0 aromatic carbocycles. The van der Waals surface area contributed by atoms with Crippen LogP contribution in [0.25, 0.3) is 10.6 Å². The fraction of sp³-hybridized carbons (Fsp3) is 0.222. The van der Waals surface area contributed by atoms with Crippen LogP contribution in [0.2, 0.25) is 0 Å². The third-order valence-corrected chi connectivity index (χ3v) is 5.96. The van der Waals surface area contributed by atoms with Crippen LogP contribution in [-0.2, 0) is 4.74 Å².